The Balaban J connectivity index is 3.11. The smallest absolute Gasteiger partial charge is 0.313 e. The van der Waals surface area contributed by atoms with E-state index in [1.807, 2.05) is 38.1 Å². The van der Waals surface area contributed by atoms with Gasteiger partial charge in [0.15, 0.2) is 0 Å². The van der Waals surface area contributed by atoms with Gasteiger partial charge < -0.3 is 5.11 Å². The van der Waals surface area contributed by atoms with Crippen molar-refractivity contribution >= 4 is 5.97 Å². The van der Waals surface area contributed by atoms with Gasteiger partial charge in [-0.1, -0.05) is 44.0 Å². The standard InChI is InChI=1S/C14H20O2/c1-4-5-10-14(3,13(15)16)12-9-7-6-8-11(12)2/h6-9H,4-5,10H2,1-3H3,(H,15,16). The molecule has 0 amide bonds. The van der Waals surface area contributed by atoms with E-state index in [4.69, 9.17) is 0 Å². The van der Waals surface area contributed by atoms with Crippen molar-refractivity contribution in [2.45, 2.75) is 45.4 Å². The fourth-order valence-corrected chi connectivity index (χ4v) is 2.08. The lowest BCUT2D eigenvalue weighted by Crippen LogP contribution is -2.33. The monoisotopic (exact) mass is 220 g/mol. The van der Waals surface area contributed by atoms with E-state index in [0.29, 0.717) is 6.42 Å². The number of unbranched alkanes of at least 4 members (excludes halogenated alkanes) is 1. The van der Waals surface area contributed by atoms with Crippen molar-refractivity contribution in [1.29, 1.82) is 0 Å². The van der Waals surface area contributed by atoms with Crippen LogP contribution in [0.25, 0.3) is 0 Å². The molecule has 0 saturated heterocycles. The van der Waals surface area contributed by atoms with Gasteiger partial charge in [-0.15, -0.1) is 0 Å². The summed E-state index contributed by atoms with van der Waals surface area (Å²) in [5.41, 5.74) is 1.25. The molecule has 0 fully saturated rings. The van der Waals surface area contributed by atoms with E-state index in [9.17, 15) is 9.90 Å². The van der Waals surface area contributed by atoms with E-state index in [0.717, 1.165) is 24.0 Å². The first-order chi connectivity index (χ1) is 7.52. The lowest BCUT2D eigenvalue weighted by atomic mass is 9.76. The molecule has 2 heteroatoms. The molecule has 16 heavy (non-hydrogen) atoms. The van der Waals surface area contributed by atoms with Crippen LogP contribution in [-0.4, -0.2) is 11.1 Å². The van der Waals surface area contributed by atoms with Crippen LogP contribution in [0.5, 0.6) is 0 Å². The number of hydrogen-bond donors (Lipinski definition) is 1. The Morgan fingerprint density at radius 2 is 2.00 bits per heavy atom. The molecule has 0 aromatic heterocycles. The van der Waals surface area contributed by atoms with Crippen molar-refractivity contribution in [3.63, 3.8) is 0 Å². The van der Waals surface area contributed by atoms with Crippen molar-refractivity contribution in [1.82, 2.24) is 0 Å². The maximum absolute atomic E-state index is 11.5. The van der Waals surface area contributed by atoms with Gasteiger partial charge in [0.2, 0.25) is 0 Å². The summed E-state index contributed by atoms with van der Waals surface area (Å²) in [6.07, 6.45) is 2.66. The molecule has 2 nitrogen and oxygen atoms in total. The number of carboxylic acids is 1. The average molecular weight is 220 g/mol. The third kappa shape index (κ3) is 2.43. The summed E-state index contributed by atoms with van der Waals surface area (Å²) in [6.45, 7) is 5.88. The Morgan fingerprint density at radius 3 is 2.50 bits per heavy atom. The summed E-state index contributed by atoms with van der Waals surface area (Å²) in [5.74, 6) is -0.727. The highest BCUT2D eigenvalue weighted by molar-refractivity contribution is 5.81. The summed E-state index contributed by atoms with van der Waals surface area (Å²) in [4.78, 5) is 11.5. The number of carbonyl (C=O) groups is 1. The maximum Gasteiger partial charge on any atom is 0.313 e. The number of benzene rings is 1. The molecule has 0 aliphatic rings. The Morgan fingerprint density at radius 1 is 1.38 bits per heavy atom. The molecule has 0 aliphatic carbocycles. The quantitative estimate of drug-likeness (QED) is 0.824. The molecule has 0 aliphatic heterocycles. The third-order valence-electron chi connectivity index (χ3n) is 3.24. The number of carboxylic acid groups (broad SMARTS) is 1. The van der Waals surface area contributed by atoms with Gasteiger partial charge >= 0.3 is 5.97 Å². The Bertz CT molecular complexity index is 371. The van der Waals surface area contributed by atoms with Gasteiger partial charge in [-0.2, -0.15) is 0 Å². The molecule has 0 bridgehead atoms. The second kappa shape index (κ2) is 5.15. The van der Waals surface area contributed by atoms with E-state index < -0.39 is 11.4 Å². The Kier molecular flexibility index (Phi) is 4.11. The second-order valence-corrected chi connectivity index (χ2v) is 4.56. The molecule has 0 radical (unpaired) electrons. The van der Waals surface area contributed by atoms with Gasteiger partial charge in [-0.3, -0.25) is 4.79 Å². The van der Waals surface area contributed by atoms with E-state index in [1.54, 1.807) is 0 Å². The Labute approximate surface area is 97.3 Å². The lowest BCUT2D eigenvalue weighted by molar-refractivity contribution is -0.143. The topological polar surface area (TPSA) is 37.3 Å². The minimum atomic E-state index is -0.749. The maximum atomic E-state index is 11.5. The second-order valence-electron chi connectivity index (χ2n) is 4.56. The molecule has 1 atom stereocenters. The molecule has 1 unspecified atom stereocenters. The third-order valence-corrected chi connectivity index (χ3v) is 3.24. The van der Waals surface area contributed by atoms with E-state index >= 15 is 0 Å². The molecule has 0 saturated carbocycles. The number of rotatable bonds is 5. The predicted octanol–water partition coefficient (Wildman–Crippen LogP) is 3.53. The normalized spacial score (nSPS) is 14.4. The Hall–Kier alpha value is -1.31. The fraction of sp³-hybridized carbons (Fsp3) is 0.500. The minimum absolute atomic E-state index is 0.698. The summed E-state index contributed by atoms with van der Waals surface area (Å²) in [5, 5.41) is 9.44. The molecular weight excluding hydrogens is 200 g/mol. The highest BCUT2D eigenvalue weighted by atomic mass is 16.4. The van der Waals surface area contributed by atoms with E-state index in [-0.39, 0.29) is 0 Å². The number of aliphatic carboxylic acids is 1. The van der Waals surface area contributed by atoms with Crippen molar-refractivity contribution < 1.29 is 9.90 Å². The molecule has 1 N–H and O–H groups in total. The van der Waals surface area contributed by atoms with Crippen LogP contribution in [0.4, 0.5) is 0 Å². The zero-order valence-electron chi connectivity index (χ0n) is 10.3. The number of hydrogen-bond acceptors (Lipinski definition) is 1. The molecule has 1 rings (SSSR count). The van der Waals surface area contributed by atoms with Gasteiger partial charge in [0.1, 0.15) is 0 Å². The van der Waals surface area contributed by atoms with E-state index in [2.05, 4.69) is 6.92 Å². The first kappa shape index (κ1) is 12.8. The van der Waals surface area contributed by atoms with Crippen LogP contribution < -0.4 is 0 Å². The predicted molar refractivity (Wildman–Crippen MR) is 65.7 cm³/mol. The van der Waals surface area contributed by atoms with Crippen molar-refractivity contribution in [3.05, 3.63) is 35.4 Å². The number of aryl methyl sites for hydroxylation is 1. The summed E-state index contributed by atoms with van der Waals surface area (Å²) >= 11 is 0. The van der Waals surface area contributed by atoms with Gasteiger partial charge in [-0.05, 0) is 31.4 Å². The van der Waals surface area contributed by atoms with Crippen LogP contribution in [0, 0.1) is 6.92 Å². The van der Waals surface area contributed by atoms with Crippen LogP contribution in [0.3, 0.4) is 0 Å². The molecule has 0 spiro atoms. The minimum Gasteiger partial charge on any atom is -0.481 e. The van der Waals surface area contributed by atoms with Gasteiger partial charge in [0, 0.05) is 0 Å². The highest BCUT2D eigenvalue weighted by Crippen LogP contribution is 2.32. The fourth-order valence-electron chi connectivity index (χ4n) is 2.08. The average Bonchev–Trinajstić information content (AvgIpc) is 2.26. The first-order valence-corrected chi connectivity index (χ1v) is 5.82. The first-order valence-electron chi connectivity index (χ1n) is 5.82. The molecule has 0 heterocycles. The molecule has 1 aromatic rings. The summed E-state index contributed by atoms with van der Waals surface area (Å²) in [6, 6.07) is 7.76. The van der Waals surface area contributed by atoms with E-state index in [1.165, 1.54) is 0 Å². The zero-order valence-corrected chi connectivity index (χ0v) is 10.3. The highest BCUT2D eigenvalue weighted by Gasteiger charge is 2.35. The van der Waals surface area contributed by atoms with Crippen LogP contribution in [0.1, 0.15) is 44.2 Å². The lowest BCUT2D eigenvalue weighted by Gasteiger charge is -2.27. The zero-order chi connectivity index (χ0) is 12.2. The summed E-state index contributed by atoms with van der Waals surface area (Å²) < 4.78 is 0. The van der Waals surface area contributed by atoms with Crippen molar-refractivity contribution in [2.75, 3.05) is 0 Å². The van der Waals surface area contributed by atoms with Gasteiger partial charge in [-0.25, -0.2) is 0 Å². The largest absolute Gasteiger partial charge is 0.481 e. The van der Waals surface area contributed by atoms with Crippen LogP contribution in [-0.2, 0) is 10.2 Å². The molecular formula is C14H20O2. The molecule has 88 valence electrons. The molecule has 1 aromatic carbocycles. The van der Waals surface area contributed by atoms with Crippen molar-refractivity contribution in [3.8, 4) is 0 Å². The van der Waals surface area contributed by atoms with Gasteiger partial charge in [0.05, 0.1) is 5.41 Å². The van der Waals surface area contributed by atoms with Gasteiger partial charge in [0.25, 0.3) is 0 Å². The summed E-state index contributed by atoms with van der Waals surface area (Å²) in [7, 11) is 0. The van der Waals surface area contributed by atoms with Crippen LogP contribution >= 0.6 is 0 Å². The van der Waals surface area contributed by atoms with Crippen LogP contribution in [0.15, 0.2) is 24.3 Å². The SMILES string of the molecule is CCCCC(C)(C(=O)O)c1ccccc1C. The van der Waals surface area contributed by atoms with Crippen LogP contribution in [0.2, 0.25) is 0 Å². The van der Waals surface area contributed by atoms with Crippen molar-refractivity contribution in [2.24, 2.45) is 0 Å².